The molecule has 0 saturated carbocycles. The van der Waals surface area contributed by atoms with E-state index in [0.29, 0.717) is 11.4 Å². The molecule has 0 unspecified atom stereocenters. The molecule has 0 saturated heterocycles. The molecule has 4 aromatic rings. The highest BCUT2D eigenvalue weighted by molar-refractivity contribution is 6.08. The number of ether oxygens (including phenoxy) is 1. The van der Waals surface area contributed by atoms with Gasteiger partial charge in [0.25, 0.3) is 11.8 Å². The Balaban J connectivity index is 1.56. The third-order valence-electron chi connectivity index (χ3n) is 4.71. The molecule has 0 fully saturated rings. The number of anilines is 1. The molecule has 8 heteroatoms. The third-order valence-corrected chi connectivity index (χ3v) is 4.71. The Morgan fingerprint density at radius 2 is 1.63 bits per heavy atom. The molecule has 1 heterocycles. The average molecular weight is 402 g/mol. The Bertz CT molecular complexity index is 1230. The molecule has 1 aromatic heterocycles. The number of aromatic nitrogens is 2. The standard InChI is InChI=1S/C22H18N4O4/c1-30-17-4-2-3-15(11-17)16-9-10-18-19(12-16)24-25-20(18)23-21(27)13-5-7-14(8-6-13)22(28)26-29/h2-12,29H,1H3,(H,26,28)(H2,23,24,25,27). The van der Waals surface area contributed by atoms with E-state index in [1.165, 1.54) is 24.3 Å². The van der Waals surface area contributed by atoms with Crippen molar-refractivity contribution in [2.75, 3.05) is 12.4 Å². The van der Waals surface area contributed by atoms with E-state index < -0.39 is 5.91 Å². The Labute approximate surface area is 171 Å². The second-order valence-corrected chi connectivity index (χ2v) is 6.54. The molecule has 2 amide bonds. The predicted molar refractivity (Wildman–Crippen MR) is 112 cm³/mol. The number of methoxy groups -OCH3 is 1. The van der Waals surface area contributed by atoms with E-state index >= 15 is 0 Å². The summed E-state index contributed by atoms with van der Waals surface area (Å²) in [6.07, 6.45) is 0. The van der Waals surface area contributed by atoms with Gasteiger partial charge in [0, 0.05) is 16.5 Å². The first-order valence-corrected chi connectivity index (χ1v) is 9.07. The molecule has 4 rings (SSSR count). The first kappa shape index (κ1) is 19.2. The molecule has 0 bridgehead atoms. The zero-order valence-electron chi connectivity index (χ0n) is 16.0. The van der Waals surface area contributed by atoms with Crippen molar-refractivity contribution in [3.63, 3.8) is 0 Å². The molecule has 0 aliphatic rings. The number of nitrogens with zero attached hydrogens (tertiary/aromatic N) is 1. The maximum Gasteiger partial charge on any atom is 0.274 e. The minimum Gasteiger partial charge on any atom is -0.497 e. The number of H-pyrrole nitrogens is 1. The zero-order chi connectivity index (χ0) is 21.1. The van der Waals surface area contributed by atoms with E-state index in [1.807, 2.05) is 42.5 Å². The molecule has 3 aromatic carbocycles. The second-order valence-electron chi connectivity index (χ2n) is 6.54. The summed E-state index contributed by atoms with van der Waals surface area (Å²) in [7, 11) is 1.63. The Kier molecular flexibility index (Phi) is 5.15. The van der Waals surface area contributed by atoms with Gasteiger partial charge in [-0.15, -0.1) is 0 Å². The Hall–Kier alpha value is -4.17. The largest absolute Gasteiger partial charge is 0.497 e. The highest BCUT2D eigenvalue weighted by atomic mass is 16.5. The van der Waals surface area contributed by atoms with Crippen molar-refractivity contribution in [2.45, 2.75) is 0 Å². The first-order chi connectivity index (χ1) is 14.6. The SMILES string of the molecule is COc1cccc(-c2ccc3c(NC(=O)c4ccc(C(=O)NO)cc4)n[nH]c3c2)c1. The summed E-state index contributed by atoms with van der Waals surface area (Å²) in [4.78, 5) is 23.9. The van der Waals surface area contributed by atoms with Crippen molar-refractivity contribution in [3.05, 3.63) is 77.9 Å². The number of benzene rings is 3. The van der Waals surface area contributed by atoms with Crippen LogP contribution in [0.1, 0.15) is 20.7 Å². The number of nitrogens with one attached hydrogen (secondary N) is 3. The van der Waals surface area contributed by atoms with Crippen LogP contribution in [-0.2, 0) is 0 Å². The normalized spacial score (nSPS) is 10.6. The van der Waals surface area contributed by atoms with Gasteiger partial charge in [-0.2, -0.15) is 5.10 Å². The fourth-order valence-corrected chi connectivity index (χ4v) is 3.11. The van der Waals surface area contributed by atoms with Crippen LogP contribution in [-0.4, -0.2) is 34.3 Å². The lowest BCUT2D eigenvalue weighted by atomic mass is 10.0. The number of amides is 2. The van der Waals surface area contributed by atoms with Gasteiger partial charge < -0.3 is 10.1 Å². The van der Waals surface area contributed by atoms with E-state index in [9.17, 15) is 9.59 Å². The average Bonchev–Trinajstić information content (AvgIpc) is 3.20. The molecular formula is C22H18N4O4. The van der Waals surface area contributed by atoms with Crippen LogP contribution in [0.25, 0.3) is 22.0 Å². The van der Waals surface area contributed by atoms with Crippen LogP contribution in [0.2, 0.25) is 0 Å². The fourth-order valence-electron chi connectivity index (χ4n) is 3.11. The van der Waals surface area contributed by atoms with Crippen LogP contribution >= 0.6 is 0 Å². The van der Waals surface area contributed by atoms with E-state index in [-0.39, 0.29) is 11.5 Å². The predicted octanol–water partition coefficient (Wildman–Crippen LogP) is 3.61. The van der Waals surface area contributed by atoms with Crippen molar-refractivity contribution in [1.29, 1.82) is 0 Å². The summed E-state index contributed by atoms with van der Waals surface area (Å²) >= 11 is 0. The maximum atomic E-state index is 12.5. The molecule has 0 radical (unpaired) electrons. The minimum atomic E-state index is -0.646. The van der Waals surface area contributed by atoms with E-state index in [1.54, 1.807) is 12.6 Å². The topological polar surface area (TPSA) is 116 Å². The highest BCUT2D eigenvalue weighted by Gasteiger charge is 2.13. The molecule has 0 spiro atoms. The summed E-state index contributed by atoms with van der Waals surface area (Å²) < 4.78 is 5.28. The van der Waals surface area contributed by atoms with Crippen LogP contribution in [0.3, 0.4) is 0 Å². The fraction of sp³-hybridized carbons (Fsp3) is 0.0455. The monoisotopic (exact) mass is 402 g/mol. The molecule has 0 atom stereocenters. The minimum absolute atomic E-state index is 0.240. The number of fused-ring (bicyclic) bond motifs is 1. The number of hydrogen-bond acceptors (Lipinski definition) is 5. The molecule has 8 nitrogen and oxygen atoms in total. The summed E-state index contributed by atoms with van der Waals surface area (Å²) in [5.41, 5.74) is 4.91. The Morgan fingerprint density at radius 1 is 0.933 bits per heavy atom. The van der Waals surface area contributed by atoms with Crippen LogP contribution in [0.4, 0.5) is 5.82 Å². The molecule has 4 N–H and O–H groups in total. The van der Waals surface area contributed by atoms with Crippen molar-refractivity contribution >= 4 is 28.5 Å². The lowest BCUT2D eigenvalue weighted by Gasteiger charge is -2.06. The molecule has 0 aliphatic heterocycles. The highest BCUT2D eigenvalue weighted by Crippen LogP contribution is 2.29. The Morgan fingerprint density at radius 3 is 2.33 bits per heavy atom. The quantitative estimate of drug-likeness (QED) is 0.301. The number of rotatable bonds is 5. The van der Waals surface area contributed by atoms with E-state index in [0.717, 1.165) is 27.8 Å². The number of aromatic amines is 1. The van der Waals surface area contributed by atoms with Crippen molar-refractivity contribution < 1.29 is 19.5 Å². The smallest absolute Gasteiger partial charge is 0.274 e. The molecule has 30 heavy (non-hydrogen) atoms. The van der Waals surface area contributed by atoms with Crippen molar-refractivity contribution in [1.82, 2.24) is 15.7 Å². The van der Waals surface area contributed by atoms with Gasteiger partial charge >= 0.3 is 0 Å². The van der Waals surface area contributed by atoms with Crippen LogP contribution in [0, 0.1) is 0 Å². The van der Waals surface area contributed by atoms with Crippen LogP contribution in [0.5, 0.6) is 5.75 Å². The van der Waals surface area contributed by atoms with Gasteiger partial charge in [0.1, 0.15) is 5.75 Å². The second kappa shape index (κ2) is 8.06. The zero-order valence-corrected chi connectivity index (χ0v) is 16.0. The van der Waals surface area contributed by atoms with Crippen LogP contribution < -0.4 is 15.5 Å². The lowest BCUT2D eigenvalue weighted by Crippen LogP contribution is -2.19. The number of carbonyl (C=O) groups is 2. The third kappa shape index (κ3) is 3.71. The summed E-state index contributed by atoms with van der Waals surface area (Å²) in [5.74, 6) is 0.167. The summed E-state index contributed by atoms with van der Waals surface area (Å²) in [5, 5.41) is 19.3. The van der Waals surface area contributed by atoms with Gasteiger partial charge in [0.15, 0.2) is 5.82 Å². The number of carbonyl (C=O) groups excluding carboxylic acids is 2. The molecule has 0 aliphatic carbocycles. The van der Waals surface area contributed by atoms with Gasteiger partial charge in [0.2, 0.25) is 0 Å². The lowest BCUT2D eigenvalue weighted by molar-refractivity contribution is 0.0706. The van der Waals surface area contributed by atoms with Crippen LogP contribution in [0.15, 0.2) is 66.7 Å². The number of hydrogen-bond donors (Lipinski definition) is 4. The van der Waals surface area contributed by atoms with Crippen molar-refractivity contribution in [2.24, 2.45) is 0 Å². The van der Waals surface area contributed by atoms with Gasteiger partial charge in [-0.05, 0) is 59.7 Å². The van der Waals surface area contributed by atoms with Crippen molar-refractivity contribution in [3.8, 4) is 16.9 Å². The van der Waals surface area contributed by atoms with Gasteiger partial charge in [-0.1, -0.05) is 18.2 Å². The maximum absolute atomic E-state index is 12.5. The molecular weight excluding hydrogens is 384 g/mol. The van der Waals surface area contributed by atoms with E-state index in [2.05, 4.69) is 15.5 Å². The number of hydroxylamine groups is 1. The van der Waals surface area contributed by atoms with Gasteiger partial charge in [-0.25, -0.2) is 5.48 Å². The summed E-state index contributed by atoms with van der Waals surface area (Å²) in [6.45, 7) is 0. The van der Waals surface area contributed by atoms with Gasteiger partial charge in [-0.3, -0.25) is 19.9 Å². The van der Waals surface area contributed by atoms with E-state index in [4.69, 9.17) is 9.94 Å². The van der Waals surface area contributed by atoms with Gasteiger partial charge in [0.05, 0.1) is 12.6 Å². The molecule has 150 valence electrons. The summed E-state index contributed by atoms with van der Waals surface area (Å²) in [6, 6.07) is 19.4. The first-order valence-electron chi connectivity index (χ1n) is 9.07.